The molecular formula is C26H30N4O. The molecule has 1 aliphatic heterocycles. The number of carbonyl (C=O) groups excluding carboxylic acids is 1. The van der Waals surface area contributed by atoms with Gasteiger partial charge in [-0.25, -0.2) is 0 Å². The number of rotatable bonds is 6. The van der Waals surface area contributed by atoms with Gasteiger partial charge in [0.05, 0.1) is 0 Å². The van der Waals surface area contributed by atoms with Crippen LogP contribution in [-0.4, -0.2) is 35.7 Å². The predicted molar refractivity (Wildman–Crippen MR) is 126 cm³/mol. The van der Waals surface area contributed by atoms with Crippen LogP contribution in [0.1, 0.15) is 41.4 Å². The fourth-order valence-corrected chi connectivity index (χ4v) is 4.35. The second-order valence-corrected chi connectivity index (χ2v) is 8.23. The maximum atomic E-state index is 13.0. The van der Waals surface area contributed by atoms with Crippen LogP contribution in [0.4, 0.5) is 11.5 Å². The molecule has 1 fully saturated rings. The third-order valence-corrected chi connectivity index (χ3v) is 6.14. The summed E-state index contributed by atoms with van der Waals surface area (Å²) in [5.41, 5.74) is 3.78. The number of piperidine rings is 1. The molecule has 0 spiro atoms. The summed E-state index contributed by atoms with van der Waals surface area (Å²) in [5.74, 6) is 1.45. The Morgan fingerprint density at radius 3 is 2.32 bits per heavy atom. The van der Waals surface area contributed by atoms with Crippen molar-refractivity contribution >= 4 is 17.4 Å². The highest BCUT2D eigenvalue weighted by molar-refractivity contribution is 6.05. The van der Waals surface area contributed by atoms with Gasteiger partial charge in [-0.2, -0.15) is 0 Å². The van der Waals surface area contributed by atoms with Crippen molar-refractivity contribution in [2.24, 2.45) is 5.92 Å². The Balaban J connectivity index is 1.38. The monoisotopic (exact) mass is 414 g/mol. The number of aromatic nitrogens is 2. The number of hydrogen-bond donors (Lipinski definition) is 0. The van der Waals surface area contributed by atoms with Crippen molar-refractivity contribution in [1.82, 2.24) is 10.2 Å². The molecule has 1 saturated heterocycles. The molecule has 1 aliphatic rings. The second kappa shape index (κ2) is 9.73. The zero-order valence-electron chi connectivity index (χ0n) is 18.4. The Kier molecular flexibility index (Phi) is 6.60. The van der Waals surface area contributed by atoms with Gasteiger partial charge in [0.15, 0.2) is 11.5 Å². The third-order valence-electron chi connectivity index (χ3n) is 6.14. The van der Waals surface area contributed by atoms with Gasteiger partial charge in [-0.05, 0) is 68.4 Å². The SMILES string of the molecule is CCN(C(=O)c1ccc(N2CCC(Cc3ccccc3)CC2)nn1)c1ccccc1C. The molecule has 2 aromatic carbocycles. The number of para-hydroxylation sites is 1. The van der Waals surface area contributed by atoms with Gasteiger partial charge in [0.25, 0.3) is 5.91 Å². The van der Waals surface area contributed by atoms with E-state index in [2.05, 4.69) is 45.4 Å². The highest BCUT2D eigenvalue weighted by Crippen LogP contribution is 2.25. The molecule has 0 radical (unpaired) electrons. The van der Waals surface area contributed by atoms with Gasteiger partial charge in [-0.1, -0.05) is 48.5 Å². The summed E-state index contributed by atoms with van der Waals surface area (Å²) in [7, 11) is 0. The Morgan fingerprint density at radius 2 is 1.68 bits per heavy atom. The first-order chi connectivity index (χ1) is 15.2. The molecule has 0 saturated carbocycles. The molecule has 2 heterocycles. The summed E-state index contributed by atoms with van der Waals surface area (Å²) in [6.45, 7) is 6.53. The maximum Gasteiger partial charge on any atom is 0.278 e. The van der Waals surface area contributed by atoms with Crippen LogP contribution in [0.25, 0.3) is 0 Å². The van der Waals surface area contributed by atoms with E-state index in [1.807, 2.05) is 50.2 Å². The smallest absolute Gasteiger partial charge is 0.278 e. The summed E-state index contributed by atoms with van der Waals surface area (Å²) in [6.07, 6.45) is 3.43. The summed E-state index contributed by atoms with van der Waals surface area (Å²) < 4.78 is 0. The lowest BCUT2D eigenvalue weighted by Gasteiger charge is -2.32. The van der Waals surface area contributed by atoms with Gasteiger partial charge in [0.1, 0.15) is 0 Å². The van der Waals surface area contributed by atoms with Gasteiger partial charge >= 0.3 is 0 Å². The van der Waals surface area contributed by atoms with Gasteiger partial charge < -0.3 is 9.80 Å². The van der Waals surface area contributed by atoms with E-state index >= 15 is 0 Å². The van der Waals surface area contributed by atoms with Crippen molar-refractivity contribution in [3.05, 3.63) is 83.6 Å². The van der Waals surface area contributed by atoms with Crippen molar-refractivity contribution in [1.29, 1.82) is 0 Å². The molecule has 3 aromatic rings. The van der Waals surface area contributed by atoms with Crippen molar-refractivity contribution in [3.63, 3.8) is 0 Å². The molecule has 31 heavy (non-hydrogen) atoms. The average Bonchev–Trinajstić information content (AvgIpc) is 2.82. The number of hydrogen-bond acceptors (Lipinski definition) is 4. The van der Waals surface area contributed by atoms with E-state index < -0.39 is 0 Å². The normalized spacial score (nSPS) is 14.5. The largest absolute Gasteiger partial charge is 0.355 e. The molecule has 1 amide bonds. The van der Waals surface area contributed by atoms with E-state index in [9.17, 15) is 4.79 Å². The second-order valence-electron chi connectivity index (χ2n) is 8.23. The molecule has 0 unspecified atom stereocenters. The Morgan fingerprint density at radius 1 is 0.968 bits per heavy atom. The quantitative estimate of drug-likeness (QED) is 0.575. The zero-order valence-corrected chi connectivity index (χ0v) is 18.4. The van der Waals surface area contributed by atoms with Crippen LogP contribution in [0.3, 0.4) is 0 Å². The summed E-state index contributed by atoms with van der Waals surface area (Å²) in [5, 5.41) is 8.68. The molecule has 0 aliphatic carbocycles. The standard InChI is InChI=1S/C26H30N4O/c1-3-30(24-12-8-7-9-20(24)2)26(31)23-13-14-25(28-27-23)29-17-15-22(16-18-29)19-21-10-5-4-6-11-21/h4-14,22H,3,15-19H2,1-2H3. The number of amides is 1. The van der Waals surface area contributed by atoms with E-state index in [0.29, 0.717) is 18.2 Å². The molecule has 4 rings (SSSR count). The van der Waals surface area contributed by atoms with Crippen molar-refractivity contribution in [2.75, 3.05) is 29.4 Å². The fourth-order valence-electron chi connectivity index (χ4n) is 4.35. The van der Waals surface area contributed by atoms with E-state index in [4.69, 9.17) is 0 Å². The highest BCUT2D eigenvalue weighted by atomic mass is 16.2. The summed E-state index contributed by atoms with van der Waals surface area (Å²) >= 11 is 0. The average molecular weight is 415 g/mol. The van der Waals surface area contributed by atoms with Crippen LogP contribution >= 0.6 is 0 Å². The minimum atomic E-state index is -0.114. The highest BCUT2D eigenvalue weighted by Gasteiger charge is 2.23. The lowest BCUT2D eigenvalue weighted by Crippen LogP contribution is -2.35. The molecule has 1 aromatic heterocycles. The molecule has 0 bridgehead atoms. The Hall–Kier alpha value is -3.21. The molecule has 160 valence electrons. The van der Waals surface area contributed by atoms with Crippen molar-refractivity contribution in [3.8, 4) is 0 Å². The molecule has 5 heteroatoms. The van der Waals surface area contributed by atoms with Crippen LogP contribution in [-0.2, 0) is 6.42 Å². The van der Waals surface area contributed by atoms with Gasteiger partial charge in [0, 0.05) is 25.3 Å². The van der Waals surface area contributed by atoms with Crippen molar-refractivity contribution in [2.45, 2.75) is 33.1 Å². The number of benzene rings is 2. The Bertz CT molecular complexity index is 995. The van der Waals surface area contributed by atoms with Crippen molar-refractivity contribution < 1.29 is 4.79 Å². The van der Waals surface area contributed by atoms with E-state index in [0.717, 1.165) is 49.4 Å². The summed E-state index contributed by atoms with van der Waals surface area (Å²) in [6, 6.07) is 22.4. The maximum absolute atomic E-state index is 13.0. The first-order valence-electron chi connectivity index (χ1n) is 11.2. The fraction of sp³-hybridized carbons (Fsp3) is 0.346. The number of carbonyl (C=O) groups is 1. The molecular weight excluding hydrogens is 384 g/mol. The molecule has 0 N–H and O–H groups in total. The molecule has 0 atom stereocenters. The lowest BCUT2D eigenvalue weighted by molar-refractivity contribution is 0.0982. The van der Waals surface area contributed by atoms with Crippen LogP contribution in [0.2, 0.25) is 0 Å². The number of anilines is 2. The van der Waals surface area contributed by atoms with E-state index in [1.54, 1.807) is 4.90 Å². The number of nitrogens with zero attached hydrogens (tertiary/aromatic N) is 4. The van der Waals surface area contributed by atoms with Crippen LogP contribution < -0.4 is 9.80 Å². The lowest BCUT2D eigenvalue weighted by atomic mass is 9.90. The zero-order chi connectivity index (χ0) is 21.6. The van der Waals surface area contributed by atoms with Crippen LogP contribution in [0.5, 0.6) is 0 Å². The minimum Gasteiger partial charge on any atom is -0.355 e. The van der Waals surface area contributed by atoms with Gasteiger partial charge in [-0.15, -0.1) is 10.2 Å². The van der Waals surface area contributed by atoms with E-state index in [-0.39, 0.29) is 5.91 Å². The van der Waals surface area contributed by atoms with E-state index in [1.165, 1.54) is 5.56 Å². The molecule has 5 nitrogen and oxygen atoms in total. The first-order valence-corrected chi connectivity index (χ1v) is 11.2. The Labute approximate surface area is 184 Å². The predicted octanol–water partition coefficient (Wildman–Crippen LogP) is 4.91. The summed E-state index contributed by atoms with van der Waals surface area (Å²) in [4.78, 5) is 17.1. The first kappa shape index (κ1) is 21.0. The van der Waals surface area contributed by atoms with Gasteiger partial charge in [-0.3, -0.25) is 4.79 Å². The number of aryl methyl sites for hydroxylation is 1. The third kappa shape index (κ3) is 4.93. The van der Waals surface area contributed by atoms with Gasteiger partial charge in [0.2, 0.25) is 0 Å². The van der Waals surface area contributed by atoms with Crippen LogP contribution in [0.15, 0.2) is 66.7 Å². The topological polar surface area (TPSA) is 49.3 Å². The van der Waals surface area contributed by atoms with Crippen LogP contribution in [0, 0.1) is 12.8 Å². The minimum absolute atomic E-state index is 0.114.